The minimum Gasteiger partial charge on any atom is -0.494 e. The number of rotatable bonds is 5. The Hall–Kier alpha value is -2.92. The van der Waals surface area contributed by atoms with Gasteiger partial charge >= 0.3 is 0 Å². The third-order valence-electron chi connectivity index (χ3n) is 3.89. The Morgan fingerprint density at radius 3 is 2.56 bits per heavy atom. The highest BCUT2D eigenvalue weighted by Gasteiger charge is 2.14. The SMILES string of the molecule is CCOc1ccc(-c2[nH]ncc2-c2csc(-c3ccccc3)n2)cc1. The van der Waals surface area contributed by atoms with Gasteiger partial charge in [0.05, 0.1) is 24.2 Å². The van der Waals surface area contributed by atoms with Crippen LogP contribution in [0, 0.1) is 0 Å². The third-order valence-corrected chi connectivity index (χ3v) is 4.79. The molecule has 0 spiro atoms. The first kappa shape index (κ1) is 15.6. The summed E-state index contributed by atoms with van der Waals surface area (Å²) in [6.07, 6.45) is 1.83. The Balaban J connectivity index is 1.67. The summed E-state index contributed by atoms with van der Waals surface area (Å²) in [5.74, 6) is 0.868. The zero-order valence-corrected chi connectivity index (χ0v) is 14.6. The van der Waals surface area contributed by atoms with Crippen molar-refractivity contribution in [1.82, 2.24) is 15.2 Å². The van der Waals surface area contributed by atoms with Gasteiger partial charge in [0, 0.05) is 22.1 Å². The summed E-state index contributed by atoms with van der Waals surface area (Å²) >= 11 is 1.64. The number of H-pyrrole nitrogens is 1. The number of benzene rings is 2. The molecule has 0 fully saturated rings. The van der Waals surface area contributed by atoms with Gasteiger partial charge in [-0.3, -0.25) is 5.10 Å². The van der Waals surface area contributed by atoms with Crippen molar-refractivity contribution in [2.75, 3.05) is 6.61 Å². The van der Waals surface area contributed by atoms with E-state index in [0.29, 0.717) is 6.61 Å². The number of hydrogen-bond donors (Lipinski definition) is 1. The van der Waals surface area contributed by atoms with Crippen LogP contribution in [0.1, 0.15) is 6.92 Å². The largest absolute Gasteiger partial charge is 0.494 e. The summed E-state index contributed by atoms with van der Waals surface area (Å²) in [6.45, 7) is 2.64. The molecule has 1 N–H and O–H groups in total. The molecule has 25 heavy (non-hydrogen) atoms. The van der Waals surface area contributed by atoms with Crippen LogP contribution in [0.15, 0.2) is 66.2 Å². The van der Waals surface area contributed by atoms with Crippen molar-refractivity contribution < 1.29 is 4.74 Å². The number of hydrogen-bond acceptors (Lipinski definition) is 4. The predicted octanol–water partition coefficient (Wildman–Crippen LogP) is 5.27. The van der Waals surface area contributed by atoms with Gasteiger partial charge < -0.3 is 4.74 Å². The first-order valence-corrected chi connectivity index (χ1v) is 9.01. The lowest BCUT2D eigenvalue weighted by atomic mass is 10.1. The van der Waals surface area contributed by atoms with Crippen LogP contribution in [0.2, 0.25) is 0 Å². The normalized spacial score (nSPS) is 10.8. The Morgan fingerprint density at radius 2 is 1.80 bits per heavy atom. The van der Waals surface area contributed by atoms with Gasteiger partial charge in [-0.05, 0) is 31.2 Å². The molecule has 0 aliphatic heterocycles. The highest BCUT2D eigenvalue weighted by Crippen LogP contribution is 2.34. The summed E-state index contributed by atoms with van der Waals surface area (Å²) in [7, 11) is 0. The average molecular weight is 347 g/mol. The molecular weight excluding hydrogens is 330 g/mol. The highest BCUT2D eigenvalue weighted by atomic mass is 32.1. The average Bonchev–Trinajstić information content (AvgIpc) is 3.33. The maximum Gasteiger partial charge on any atom is 0.124 e. The lowest BCUT2D eigenvalue weighted by Crippen LogP contribution is -1.91. The summed E-state index contributed by atoms with van der Waals surface area (Å²) in [5.41, 5.74) is 5.09. The maximum atomic E-state index is 5.51. The van der Waals surface area contributed by atoms with Gasteiger partial charge in [0.25, 0.3) is 0 Å². The quantitative estimate of drug-likeness (QED) is 0.535. The number of nitrogens with zero attached hydrogens (tertiary/aromatic N) is 2. The Bertz CT molecular complexity index is 958. The van der Waals surface area contributed by atoms with Gasteiger partial charge in [-0.15, -0.1) is 11.3 Å². The van der Waals surface area contributed by atoms with Crippen LogP contribution in [-0.2, 0) is 0 Å². The molecule has 4 nitrogen and oxygen atoms in total. The number of ether oxygens (including phenoxy) is 1. The molecule has 4 rings (SSSR count). The summed E-state index contributed by atoms with van der Waals surface area (Å²) in [4.78, 5) is 4.79. The van der Waals surface area contributed by atoms with Gasteiger partial charge in [-0.1, -0.05) is 30.3 Å². The van der Waals surface area contributed by atoms with Crippen LogP contribution in [0.3, 0.4) is 0 Å². The fourth-order valence-corrected chi connectivity index (χ4v) is 3.52. The fourth-order valence-electron chi connectivity index (χ4n) is 2.70. The van der Waals surface area contributed by atoms with Crippen molar-refractivity contribution in [3.63, 3.8) is 0 Å². The molecule has 2 aromatic carbocycles. The minimum atomic E-state index is 0.662. The van der Waals surface area contributed by atoms with Gasteiger partial charge in [0.1, 0.15) is 10.8 Å². The minimum absolute atomic E-state index is 0.662. The molecule has 0 aliphatic rings. The van der Waals surface area contributed by atoms with Crippen LogP contribution in [0.4, 0.5) is 0 Å². The Labute approximate surface area is 150 Å². The van der Waals surface area contributed by atoms with Crippen molar-refractivity contribution in [3.05, 3.63) is 66.2 Å². The molecule has 0 bridgehead atoms. The second-order valence-electron chi connectivity index (χ2n) is 5.52. The van der Waals surface area contributed by atoms with Crippen molar-refractivity contribution >= 4 is 11.3 Å². The smallest absolute Gasteiger partial charge is 0.124 e. The number of aromatic amines is 1. The molecule has 0 radical (unpaired) electrons. The van der Waals surface area contributed by atoms with Gasteiger partial charge in [-0.25, -0.2) is 4.98 Å². The number of aromatic nitrogens is 3. The van der Waals surface area contributed by atoms with Gasteiger partial charge in [-0.2, -0.15) is 5.10 Å². The van der Waals surface area contributed by atoms with E-state index in [0.717, 1.165) is 38.8 Å². The fraction of sp³-hybridized carbons (Fsp3) is 0.100. The lowest BCUT2D eigenvalue weighted by Gasteiger charge is -2.05. The number of nitrogens with one attached hydrogen (secondary N) is 1. The second kappa shape index (κ2) is 6.91. The Kier molecular flexibility index (Phi) is 4.31. The van der Waals surface area contributed by atoms with Crippen molar-refractivity contribution in [3.8, 4) is 38.8 Å². The van der Waals surface area contributed by atoms with Crippen molar-refractivity contribution in [2.45, 2.75) is 6.92 Å². The monoisotopic (exact) mass is 347 g/mol. The molecule has 2 aromatic heterocycles. The Morgan fingerprint density at radius 1 is 1.00 bits per heavy atom. The summed E-state index contributed by atoms with van der Waals surface area (Å²) in [5, 5.41) is 10.4. The first-order valence-electron chi connectivity index (χ1n) is 8.13. The number of thiazole rings is 1. The van der Waals surface area contributed by atoms with E-state index in [1.54, 1.807) is 11.3 Å². The summed E-state index contributed by atoms with van der Waals surface area (Å²) in [6, 6.07) is 18.2. The van der Waals surface area contributed by atoms with Gasteiger partial charge in [0.15, 0.2) is 0 Å². The molecule has 0 amide bonds. The van der Waals surface area contributed by atoms with E-state index in [-0.39, 0.29) is 0 Å². The predicted molar refractivity (Wildman–Crippen MR) is 102 cm³/mol. The van der Waals surface area contributed by atoms with Gasteiger partial charge in [0.2, 0.25) is 0 Å². The van der Waals surface area contributed by atoms with E-state index < -0.39 is 0 Å². The summed E-state index contributed by atoms with van der Waals surface area (Å²) < 4.78 is 5.51. The van der Waals surface area contributed by atoms with Crippen LogP contribution in [0.25, 0.3) is 33.1 Å². The zero-order valence-electron chi connectivity index (χ0n) is 13.8. The molecule has 0 saturated heterocycles. The molecule has 0 aliphatic carbocycles. The molecule has 4 aromatic rings. The topological polar surface area (TPSA) is 50.8 Å². The van der Waals surface area contributed by atoms with E-state index in [9.17, 15) is 0 Å². The highest BCUT2D eigenvalue weighted by molar-refractivity contribution is 7.13. The standard InChI is InChI=1S/C20H17N3OS/c1-2-24-16-10-8-14(9-11-16)19-17(12-21-23-19)18-13-25-20(22-18)15-6-4-3-5-7-15/h3-13H,2H2,1H3,(H,21,23). The van der Waals surface area contributed by atoms with E-state index in [2.05, 4.69) is 27.7 Å². The van der Waals surface area contributed by atoms with Crippen molar-refractivity contribution in [2.24, 2.45) is 0 Å². The second-order valence-corrected chi connectivity index (χ2v) is 6.38. The lowest BCUT2D eigenvalue weighted by molar-refractivity contribution is 0.340. The van der Waals surface area contributed by atoms with Crippen LogP contribution in [0.5, 0.6) is 5.75 Å². The van der Waals surface area contributed by atoms with Crippen LogP contribution in [-0.4, -0.2) is 21.8 Å². The zero-order chi connectivity index (χ0) is 17.1. The van der Waals surface area contributed by atoms with E-state index in [1.165, 1.54) is 0 Å². The molecule has 124 valence electrons. The van der Waals surface area contributed by atoms with Crippen LogP contribution >= 0.6 is 11.3 Å². The molecular formula is C20H17N3OS. The van der Waals surface area contributed by atoms with Crippen LogP contribution < -0.4 is 4.74 Å². The van der Waals surface area contributed by atoms with E-state index >= 15 is 0 Å². The van der Waals surface area contributed by atoms with E-state index in [4.69, 9.17) is 9.72 Å². The maximum absolute atomic E-state index is 5.51. The molecule has 2 heterocycles. The molecule has 0 atom stereocenters. The van der Waals surface area contributed by atoms with Crippen molar-refractivity contribution in [1.29, 1.82) is 0 Å². The molecule has 0 unspecified atom stereocenters. The first-order chi connectivity index (χ1) is 12.3. The third kappa shape index (κ3) is 3.19. The molecule has 0 saturated carbocycles. The van der Waals surface area contributed by atoms with E-state index in [1.807, 2.05) is 55.6 Å². The molecule has 5 heteroatoms.